The number of phenolic OH excluding ortho intramolecular Hbond substituents is 1. The van der Waals surface area contributed by atoms with Crippen molar-refractivity contribution < 1.29 is 15.0 Å². The summed E-state index contributed by atoms with van der Waals surface area (Å²) in [6, 6.07) is 3.75. The van der Waals surface area contributed by atoms with Crippen LogP contribution >= 0.6 is 0 Å². The van der Waals surface area contributed by atoms with Crippen LogP contribution < -0.4 is 0 Å². The summed E-state index contributed by atoms with van der Waals surface area (Å²) in [6.45, 7) is 3.70. The van der Waals surface area contributed by atoms with Crippen LogP contribution in [0, 0.1) is 13.8 Å². The van der Waals surface area contributed by atoms with Gasteiger partial charge in [0.1, 0.15) is 5.75 Å². The molecular weight excluding hydrogens is 228 g/mol. The SMILES string of the molecule is Cc1ccc(C)c(C2(C(=O)O)CCCCC2)c1O. The van der Waals surface area contributed by atoms with E-state index in [1.54, 1.807) is 0 Å². The van der Waals surface area contributed by atoms with E-state index in [4.69, 9.17) is 0 Å². The van der Waals surface area contributed by atoms with E-state index >= 15 is 0 Å². The molecule has 3 heteroatoms. The maximum atomic E-state index is 11.8. The van der Waals surface area contributed by atoms with Gasteiger partial charge in [-0.05, 0) is 37.8 Å². The molecular formula is C15H20O3. The van der Waals surface area contributed by atoms with Crippen molar-refractivity contribution in [2.75, 3.05) is 0 Å². The van der Waals surface area contributed by atoms with Gasteiger partial charge in [-0.15, -0.1) is 0 Å². The summed E-state index contributed by atoms with van der Waals surface area (Å²) in [5.41, 5.74) is 1.37. The molecule has 1 aliphatic carbocycles. The summed E-state index contributed by atoms with van der Waals surface area (Å²) < 4.78 is 0. The summed E-state index contributed by atoms with van der Waals surface area (Å²) in [5.74, 6) is -0.634. The zero-order chi connectivity index (χ0) is 13.3. The summed E-state index contributed by atoms with van der Waals surface area (Å²) in [5, 5.41) is 20.0. The van der Waals surface area contributed by atoms with E-state index in [0.29, 0.717) is 18.4 Å². The first-order valence-electron chi connectivity index (χ1n) is 6.52. The van der Waals surface area contributed by atoms with Crippen LogP contribution in [0.15, 0.2) is 12.1 Å². The summed E-state index contributed by atoms with van der Waals surface area (Å²) >= 11 is 0. The van der Waals surface area contributed by atoms with Crippen molar-refractivity contribution in [2.24, 2.45) is 0 Å². The lowest BCUT2D eigenvalue weighted by Gasteiger charge is -2.35. The maximum Gasteiger partial charge on any atom is 0.314 e. The zero-order valence-corrected chi connectivity index (χ0v) is 11.0. The van der Waals surface area contributed by atoms with Gasteiger partial charge in [0, 0.05) is 5.56 Å². The first kappa shape index (κ1) is 12.9. The van der Waals surface area contributed by atoms with Gasteiger partial charge in [-0.3, -0.25) is 4.79 Å². The number of hydrogen-bond donors (Lipinski definition) is 2. The van der Waals surface area contributed by atoms with Gasteiger partial charge in [-0.25, -0.2) is 0 Å². The van der Waals surface area contributed by atoms with Gasteiger partial charge >= 0.3 is 5.97 Å². The van der Waals surface area contributed by atoms with Crippen LogP contribution in [0.1, 0.15) is 48.8 Å². The highest BCUT2D eigenvalue weighted by atomic mass is 16.4. The van der Waals surface area contributed by atoms with Crippen molar-refractivity contribution in [3.05, 3.63) is 28.8 Å². The molecule has 0 radical (unpaired) electrons. The molecule has 1 aromatic rings. The van der Waals surface area contributed by atoms with E-state index < -0.39 is 11.4 Å². The molecule has 1 aromatic carbocycles. The van der Waals surface area contributed by atoms with Crippen LogP contribution in [-0.2, 0) is 10.2 Å². The lowest BCUT2D eigenvalue weighted by Crippen LogP contribution is -2.38. The molecule has 0 saturated heterocycles. The molecule has 0 unspecified atom stereocenters. The van der Waals surface area contributed by atoms with Crippen molar-refractivity contribution in [1.29, 1.82) is 0 Å². The maximum absolute atomic E-state index is 11.8. The van der Waals surface area contributed by atoms with Gasteiger partial charge in [-0.1, -0.05) is 31.4 Å². The highest BCUT2D eigenvalue weighted by Crippen LogP contribution is 2.45. The molecule has 3 nitrogen and oxygen atoms in total. The number of phenols is 1. The second-order valence-electron chi connectivity index (χ2n) is 5.37. The molecule has 1 fully saturated rings. The van der Waals surface area contributed by atoms with Crippen molar-refractivity contribution in [3.8, 4) is 5.75 Å². The fourth-order valence-electron chi connectivity index (χ4n) is 3.13. The second kappa shape index (κ2) is 4.63. The number of carboxylic acids is 1. The number of carboxylic acid groups (broad SMARTS) is 1. The van der Waals surface area contributed by atoms with Crippen LogP contribution in [-0.4, -0.2) is 16.2 Å². The van der Waals surface area contributed by atoms with Gasteiger partial charge < -0.3 is 10.2 Å². The molecule has 0 bridgehead atoms. The molecule has 0 aliphatic heterocycles. The predicted molar refractivity (Wildman–Crippen MR) is 70.0 cm³/mol. The van der Waals surface area contributed by atoms with Crippen molar-refractivity contribution in [3.63, 3.8) is 0 Å². The quantitative estimate of drug-likeness (QED) is 0.844. The van der Waals surface area contributed by atoms with Crippen LogP contribution in [0.2, 0.25) is 0 Å². The average Bonchev–Trinajstić information content (AvgIpc) is 2.35. The fraction of sp³-hybridized carbons (Fsp3) is 0.533. The third-order valence-corrected chi connectivity index (χ3v) is 4.18. The Hall–Kier alpha value is -1.51. The topological polar surface area (TPSA) is 57.5 Å². The normalized spacial score (nSPS) is 18.6. The Morgan fingerprint density at radius 3 is 2.22 bits per heavy atom. The van der Waals surface area contributed by atoms with E-state index in [1.807, 2.05) is 26.0 Å². The van der Waals surface area contributed by atoms with Crippen molar-refractivity contribution >= 4 is 5.97 Å². The third kappa shape index (κ3) is 1.88. The van der Waals surface area contributed by atoms with Gasteiger partial charge in [0.15, 0.2) is 0 Å². The Morgan fingerprint density at radius 2 is 1.67 bits per heavy atom. The molecule has 0 heterocycles. The van der Waals surface area contributed by atoms with Gasteiger partial charge in [0.2, 0.25) is 0 Å². The summed E-state index contributed by atoms with van der Waals surface area (Å²) in [6.07, 6.45) is 4.17. The smallest absolute Gasteiger partial charge is 0.314 e. The first-order valence-corrected chi connectivity index (χ1v) is 6.52. The van der Waals surface area contributed by atoms with Crippen molar-refractivity contribution in [1.82, 2.24) is 0 Å². The molecule has 2 N–H and O–H groups in total. The Balaban J connectivity index is 2.63. The van der Waals surface area contributed by atoms with E-state index in [9.17, 15) is 15.0 Å². The zero-order valence-electron chi connectivity index (χ0n) is 11.0. The first-order chi connectivity index (χ1) is 8.49. The third-order valence-electron chi connectivity index (χ3n) is 4.18. The number of aliphatic carboxylic acids is 1. The molecule has 98 valence electrons. The summed E-state index contributed by atoms with van der Waals surface area (Å²) in [4.78, 5) is 11.8. The molecule has 18 heavy (non-hydrogen) atoms. The molecule has 0 spiro atoms. The Bertz CT molecular complexity index is 471. The second-order valence-corrected chi connectivity index (χ2v) is 5.37. The molecule has 0 amide bonds. The largest absolute Gasteiger partial charge is 0.507 e. The van der Waals surface area contributed by atoms with E-state index in [1.165, 1.54) is 0 Å². The number of aryl methyl sites for hydroxylation is 2. The number of carbonyl (C=O) groups is 1. The van der Waals surface area contributed by atoms with Gasteiger partial charge in [0.05, 0.1) is 5.41 Å². The lowest BCUT2D eigenvalue weighted by molar-refractivity contribution is -0.145. The van der Waals surface area contributed by atoms with Gasteiger partial charge in [-0.2, -0.15) is 0 Å². The fourth-order valence-corrected chi connectivity index (χ4v) is 3.13. The Labute approximate surface area is 107 Å². The molecule has 1 saturated carbocycles. The highest BCUT2D eigenvalue weighted by molar-refractivity contribution is 5.83. The highest BCUT2D eigenvalue weighted by Gasteiger charge is 2.44. The molecule has 0 atom stereocenters. The molecule has 2 rings (SSSR count). The van der Waals surface area contributed by atoms with Crippen LogP contribution in [0.5, 0.6) is 5.75 Å². The minimum atomic E-state index is -0.890. The van der Waals surface area contributed by atoms with Crippen LogP contribution in [0.25, 0.3) is 0 Å². The molecule has 0 aromatic heterocycles. The number of benzene rings is 1. The van der Waals surface area contributed by atoms with Gasteiger partial charge in [0.25, 0.3) is 0 Å². The van der Waals surface area contributed by atoms with Crippen LogP contribution in [0.3, 0.4) is 0 Å². The number of aromatic hydroxyl groups is 1. The number of hydrogen-bond acceptors (Lipinski definition) is 2. The average molecular weight is 248 g/mol. The Kier molecular flexibility index (Phi) is 3.33. The van der Waals surface area contributed by atoms with E-state index in [-0.39, 0.29) is 5.75 Å². The molecule has 1 aliphatic rings. The standard InChI is InChI=1S/C15H20O3/c1-10-6-7-11(2)13(16)12(10)15(14(17)18)8-4-3-5-9-15/h6-7,16H,3-5,8-9H2,1-2H3,(H,17,18). The summed E-state index contributed by atoms with van der Waals surface area (Å²) in [7, 11) is 0. The van der Waals surface area contributed by atoms with E-state index in [2.05, 4.69) is 0 Å². The lowest BCUT2D eigenvalue weighted by atomic mass is 9.67. The minimum absolute atomic E-state index is 0.166. The van der Waals surface area contributed by atoms with E-state index in [0.717, 1.165) is 30.4 Å². The Morgan fingerprint density at radius 1 is 1.11 bits per heavy atom. The van der Waals surface area contributed by atoms with Crippen LogP contribution in [0.4, 0.5) is 0 Å². The minimum Gasteiger partial charge on any atom is -0.507 e. The number of rotatable bonds is 2. The monoisotopic (exact) mass is 248 g/mol. The van der Waals surface area contributed by atoms with Crippen molar-refractivity contribution in [2.45, 2.75) is 51.4 Å². The predicted octanol–water partition coefficient (Wildman–Crippen LogP) is 3.30.